The van der Waals surface area contributed by atoms with Crippen molar-refractivity contribution in [1.82, 2.24) is 0 Å². The van der Waals surface area contributed by atoms with E-state index in [0.717, 1.165) is 6.42 Å². The fraction of sp³-hybridized carbons (Fsp3) is 0.923. The van der Waals surface area contributed by atoms with Crippen LogP contribution in [0.15, 0.2) is 0 Å². The molecule has 2 saturated heterocycles. The lowest BCUT2D eigenvalue weighted by molar-refractivity contribution is -0.155. The number of alkyl halides is 2. The maximum Gasteiger partial charge on any atom is 0.302 e. The van der Waals surface area contributed by atoms with Gasteiger partial charge in [0.25, 0.3) is 0 Å². The maximum absolute atomic E-state index is 11.2. The predicted molar refractivity (Wildman–Crippen MR) is 80.3 cm³/mol. The van der Waals surface area contributed by atoms with Crippen molar-refractivity contribution in [3.63, 3.8) is 0 Å². The Hall–Kier alpha value is 0.310. The average Bonchev–Trinajstić information content (AvgIpc) is 2.73. The van der Waals surface area contributed by atoms with Gasteiger partial charge >= 0.3 is 5.97 Å². The van der Waals surface area contributed by atoms with Crippen LogP contribution in [0.1, 0.15) is 26.2 Å². The predicted octanol–water partition coefficient (Wildman–Crippen LogP) is 1.77. The number of fused-ring (bicyclic) bond motifs is 2. The lowest BCUT2D eigenvalue weighted by atomic mass is 10.0. The van der Waals surface area contributed by atoms with E-state index in [0.29, 0.717) is 26.1 Å². The summed E-state index contributed by atoms with van der Waals surface area (Å²) >= 11 is 7.21. The van der Waals surface area contributed by atoms with Crippen molar-refractivity contribution in [1.29, 1.82) is 0 Å². The molecule has 0 spiro atoms. The quantitative estimate of drug-likeness (QED) is 0.522. The standard InChI is InChI=1S/C13H20Br2O5/c1-7(16)19-13-5-12-8(14)4-11(20-12)9(15)6-18-3-2-10(13)17/h8-13,17H,2-6H2,1H3/t8-,9+,10-,11-,12-,13+/m0/s1. The van der Waals surface area contributed by atoms with Gasteiger partial charge in [0.2, 0.25) is 0 Å². The van der Waals surface area contributed by atoms with Gasteiger partial charge in [0.15, 0.2) is 0 Å². The lowest BCUT2D eigenvalue weighted by Crippen LogP contribution is -2.36. The first-order chi connectivity index (χ1) is 9.47. The van der Waals surface area contributed by atoms with Crippen molar-refractivity contribution in [2.45, 2.75) is 60.3 Å². The molecular weight excluding hydrogens is 396 g/mol. The van der Waals surface area contributed by atoms with E-state index in [1.54, 1.807) is 0 Å². The smallest absolute Gasteiger partial charge is 0.302 e. The summed E-state index contributed by atoms with van der Waals surface area (Å²) in [7, 11) is 0. The summed E-state index contributed by atoms with van der Waals surface area (Å²) in [5, 5.41) is 10.2. The van der Waals surface area contributed by atoms with Crippen molar-refractivity contribution < 1.29 is 24.1 Å². The SMILES string of the molecule is CC(=O)O[C@@H]1C[C@@H]2O[C@@H](C[C@@H]2Br)[C@H](Br)COCC[C@@H]1O. The third-order valence-corrected chi connectivity index (χ3v) is 5.48. The van der Waals surface area contributed by atoms with Gasteiger partial charge < -0.3 is 19.3 Å². The number of esters is 1. The van der Waals surface area contributed by atoms with Gasteiger partial charge in [-0.2, -0.15) is 0 Å². The van der Waals surface area contributed by atoms with E-state index in [2.05, 4.69) is 31.9 Å². The fourth-order valence-electron chi connectivity index (χ4n) is 2.59. The summed E-state index contributed by atoms with van der Waals surface area (Å²) in [5.74, 6) is -0.385. The van der Waals surface area contributed by atoms with Crippen LogP contribution in [0.4, 0.5) is 0 Å². The Bertz CT molecular complexity index is 341. The Kier molecular flexibility index (Phi) is 6.28. The first kappa shape index (κ1) is 16.7. The maximum atomic E-state index is 11.2. The molecule has 20 heavy (non-hydrogen) atoms. The van der Waals surface area contributed by atoms with Gasteiger partial charge in [-0.05, 0) is 6.42 Å². The second-order valence-corrected chi connectivity index (χ2v) is 7.65. The molecule has 0 amide bonds. The summed E-state index contributed by atoms with van der Waals surface area (Å²) in [6, 6.07) is 0. The number of carbonyl (C=O) groups is 1. The van der Waals surface area contributed by atoms with E-state index in [-0.39, 0.29) is 27.8 Å². The van der Waals surface area contributed by atoms with Gasteiger partial charge in [-0.1, -0.05) is 31.9 Å². The van der Waals surface area contributed by atoms with Crippen LogP contribution in [0, 0.1) is 0 Å². The molecule has 2 bridgehead atoms. The molecule has 0 aromatic heterocycles. The van der Waals surface area contributed by atoms with E-state index in [1.807, 2.05) is 0 Å². The second kappa shape index (κ2) is 7.54. The number of halogens is 2. The highest BCUT2D eigenvalue weighted by molar-refractivity contribution is 9.09. The molecule has 0 radical (unpaired) electrons. The van der Waals surface area contributed by atoms with Crippen LogP contribution < -0.4 is 0 Å². The number of ether oxygens (including phenoxy) is 3. The molecule has 0 saturated carbocycles. The van der Waals surface area contributed by atoms with Gasteiger partial charge in [-0.25, -0.2) is 0 Å². The number of aliphatic hydroxyl groups excluding tert-OH is 1. The Labute approximate surface area is 135 Å². The number of carbonyl (C=O) groups excluding carboxylic acids is 1. The monoisotopic (exact) mass is 414 g/mol. The van der Waals surface area contributed by atoms with E-state index in [9.17, 15) is 9.90 Å². The Morgan fingerprint density at radius 1 is 1.25 bits per heavy atom. The Morgan fingerprint density at radius 3 is 2.65 bits per heavy atom. The van der Waals surface area contributed by atoms with Crippen LogP contribution in [-0.4, -0.2) is 58.4 Å². The molecule has 2 aliphatic rings. The van der Waals surface area contributed by atoms with Crippen molar-refractivity contribution in [3.8, 4) is 0 Å². The summed E-state index contributed by atoms with van der Waals surface area (Å²) < 4.78 is 16.8. The molecular formula is C13H20Br2O5. The molecule has 7 heteroatoms. The Morgan fingerprint density at radius 2 is 1.95 bits per heavy atom. The zero-order valence-electron chi connectivity index (χ0n) is 11.3. The molecule has 0 unspecified atom stereocenters. The van der Waals surface area contributed by atoms with Crippen LogP contribution in [0.5, 0.6) is 0 Å². The number of aliphatic hydroxyl groups is 1. The van der Waals surface area contributed by atoms with E-state index >= 15 is 0 Å². The number of rotatable bonds is 1. The van der Waals surface area contributed by atoms with Crippen LogP contribution in [-0.2, 0) is 19.0 Å². The summed E-state index contributed by atoms with van der Waals surface area (Å²) in [5.41, 5.74) is 0. The van der Waals surface area contributed by atoms with Crippen LogP contribution >= 0.6 is 31.9 Å². The largest absolute Gasteiger partial charge is 0.460 e. The van der Waals surface area contributed by atoms with E-state index in [4.69, 9.17) is 14.2 Å². The van der Waals surface area contributed by atoms with Crippen molar-refractivity contribution in [2.75, 3.05) is 13.2 Å². The molecule has 0 aliphatic carbocycles. The second-order valence-electron chi connectivity index (χ2n) is 5.30. The zero-order valence-corrected chi connectivity index (χ0v) is 14.5. The van der Waals surface area contributed by atoms with Gasteiger partial charge in [0.05, 0.1) is 29.7 Å². The number of hydrogen-bond donors (Lipinski definition) is 1. The molecule has 1 N–H and O–H groups in total. The first-order valence-electron chi connectivity index (χ1n) is 6.84. The van der Waals surface area contributed by atoms with Crippen LogP contribution in [0.2, 0.25) is 0 Å². The minimum absolute atomic E-state index is 0.0672. The van der Waals surface area contributed by atoms with E-state index < -0.39 is 12.2 Å². The minimum Gasteiger partial charge on any atom is -0.460 e. The van der Waals surface area contributed by atoms with Gasteiger partial charge in [0.1, 0.15) is 6.10 Å². The minimum atomic E-state index is -0.729. The highest BCUT2D eigenvalue weighted by Gasteiger charge is 2.40. The zero-order chi connectivity index (χ0) is 14.7. The topological polar surface area (TPSA) is 65.0 Å². The van der Waals surface area contributed by atoms with Gasteiger partial charge in [-0.3, -0.25) is 4.79 Å². The molecule has 2 heterocycles. The number of hydrogen-bond acceptors (Lipinski definition) is 5. The molecule has 0 aromatic rings. The lowest BCUT2D eigenvalue weighted by Gasteiger charge is -2.26. The Balaban J connectivity index is 2.08. The fourth-order valence-corrected chi connectivity index (χ4v) is 3.83. The first-order valence-corrected chi connectivity index (χ1v) is 8.67. The average molecular weight is 416 g/mol. The van der Waals surface area contributed by atoms with Gasteiger partial charge in [-0.15, -0.1) is 0 Å². The summed E-state index contributed by atoms with van der Waals surface area (Å²) in [6.45, 7) is 2.34. The van der Waals surface area contributed by atoms with Crippen molar-refractivity contribution >= 4 is 37.8 Å². The summed E-state index contributed by atoms with van der Waals surface area (Å²) in [6.07, 6.45) is 0.525. The van der Waals surface area contributed by atoms with Crippen molar-refractivity contribution in [3.05, 3.63) is 0 Å². The molecule has 0 aromatic carbocycles. The molecule has 2 aliphatic heterocycles. The van der Waals surface area contributed by atoms with Crippen LogP contribution in [0.25, 0.3) is 0 Å². The van der Waals surface area contributed by atoms with Crippen molar-refractivity contribution in [2.24, 2.45) is 0 Å². The molecule has 2 rings (SSSR count). The highest BCUT2D eigenvalue weighted by Crippen LogP contribution is 2.34. The van der Waals surface area contributed by atoms with Gasteiger partial charge in [0, 0.05) is 31.2 Å². The molecule has 2 fully saturated rings. The highest BCUT2D eigenvalue weighted by atomic mass is 79.9. The third kappa shape index (κ3) is 4.40. The normalized spacial score (nSPS) is 42.8. The van der Waals surface area contributed by atoms with Crippen LogP contribution in [0.3, 0.4) is 0 Å². The summed E-state index contributed by atoms with van der Waals surface area (Å²) in [4.78, 5) is 11.5. The van der Waals surface area contributed by atoms with E-state index in [1.165, 1.54) is 6.92 Å². The molecule has 116 valence electrons. The molecule has 5 nitrogen and oxygen atoms in total. The third-order valence-electron chi connectivity index (χ3n) is 3.66. The molecule has 6 atom stereocenters.